The van der Waals surface area contributed by atoms with Crippen LogP contribution in [0.1, 0.15) is 50.6 Å². The van der Waals surface area contributed by atoms with Gasteiger partial charge in [0.05, 0.1) is 12.4 Å². The number of fused-ring (bicyclic) bond motifs is 5. The van der Waals surface area contributed by atoms with Crippen molar-refractivity contribution in [2.24, 2.45) is 28.6 Å². The van der Waals surface area contributed by atoms with Crippen LogP contribution in [0.3, 0.4) is 0 Å². The minimum Gasteiger partial charge on any atom is -0.457 e. The molecule has 36 heavy (non-hydrogen) atoms. The van der Waals surface area contributed by atoms with Gasteiger partial charge < -0.3 is 14.3 Å². The first-order chi connectivity index (χ1) is 16.9. The minimum absolute atomic E-state index is 0.0400. The molecule has 1 aromatic rings. The fraction of sp³-hybridized carbons (Fsp3) is 0.593. The number of rotatable bonds is 3. The van der Waals surface area contributed by atoms with Crippen LogP contribution in [0, 0.1) is 28.6 Å². The van der Waals surface area contributed by atoms with E-state index in [0.29, 0.717) is 6.42 Å². The number of carbonyl (C=O) groups is 3. The summed E-state index contributed by atoms with van der Waals surface area (Å²) < 4.78 is 44.2. The van der Waals surface area contributed by atoms with Crippen molar-refractivity contribution in [2.75, 3.05) is 6.26 Å². The number of furan rings is 1. The quantitative estimate of drug-likeness (QED) is 0.581. The fourth-order valence-electron chi connectivity index (χ4n) is 7.96. The van der Waals surface area contributed by atoms with Crippen LogP contribution in [0.15, 0.2) is 46.6 Å². The summed E-state index contributed by atoms with van der Waals surface area (Å²) in [5.41, 5.74) is -6.60. The number of carbonyl (C=O) groups excluding carboxylic acids is 3. The molecule has 9 unspecified atom stereocenters. The second kappa shape index (κ2) is 8.12. The van der Waals surface area contributed by atoms with Crippen molar-refractivity contribution < 1.29 is 37.4 Å². The Morgan fingerprint density at radius 1 is 1.25 bits per heavy atom. The van der Waals surface area contributed by atoms with E-state index in [0.717, 1.165) is 17.8 Å². The zero-order valence-electron chi connectivity index (χ0n) is 20.6. The van der Waals surface area contributed by atoms with Crippen molar-refractivity contribution in [1.29, 1.82) is 0 Å². The van der Waals surface area contributed by atoms with Gasteiger partial charge in [0, 0.05) is 22.7 Å². The van der Waals surface area contributed by atoms with Crippen molar-refractivity contribution in [1.82, 2.24) is 0 Å². The molecule has 4 aliphatic rings. The minimum atomic E-state index is -2.27. The molecular weight excluding hydrogens is 490 g/mol. The van der Waals surface area contributed by atoms with Gasteiger partial charge >= 0.3 is 5.97 Å². The molecule has 0 aliphatic heterocycles. The van der Waals surface area contributed by atoms with Crippen LogP contribution in [0.5, 0.6) is 0 Å². The summed E-state index contributed by atoms with van der Waals surface area (Å²) >= 11 is 0.912. The molecule has 0 spiro atoms. The number of ketones is 1. The van der Waals surface area contributed by atoms with E-state index in [2.05, 4.69) is 0 Å². The third-order valence-corrected chi connectivity index (χ3v) is 10.3. The highest BCUT2D eigenvalue weighted by Crippen LogP contribution is 2.72. The average molecular weight is 521 g/mol. The van der Waals surface area contributed by atoms with E-state index < -0.39 is 69.0 Å². The second-order valence-corrected chi connectivity index (χ2v) is 11.9. The summed E-state index contributed by atoms with van der Waals surface area (Å²) in [6.07, 6.45) is 3.38. The monoisotopic (exact) mass is 520 g/mol. The van der Waals surface area contributed by atoms with E-state index in [1.807, 2.05) is 0 Å². The predicted molar refractivity (Wildman–Crippen MR) is 129 cm³/mol. The number of ether oxygens (including phenoxy) is 1. The van der Waals surface area contributed by atoms with Gasteiger partial charge in [-0.25, -0.2) is 13.6 Å². The molecule has 1 N–H and O–H groups in total. The topological polar surface area (TPSA) is 93.8 Å². The maximum atomic E-state index is 17.4. The molecule has 5 rings (SSSR count). The van der Waals surface area contributed by atoms with E-state index in [1.165, 1.54) is 37.5 Å². The fourth-order valence-corrected chi connectivity index (χ4v) is 8.74. The van der Waals surface area contributed by atoms with Gasteiger partial charge in [0.25, 0.3) is 0 Å². The number of aliphatic hydroxyl groups is 1. The lowest BCUT2D eigenvalue weighted by molar-refractivity contribution is -0.221. The Morgan fingerprint density at radius 3 is 2.61 bits per heavy atom. The lowest BCUT2D eigenvalue weighted by Crippen LogP contribution is -2.70. The van der Waals surface area contributed by atoms with E-state index in [1.54, 1.807) is 20.1 Å². The van der Waals surface area contributed by atoms with Gasteiger partial charge in [-0.1, -0.05) is 31.7 Å². The van der Waals surface area contributed by atoms with E-state index in [4.69, 9.17) is 9.15 Å². The second-order valence-electron chi connectivity index (χ2n) is 11.1. The maximum Gasteiger partial charge on any atom is 0.375 e. The molecule has 1 heterocycles. The van der Waals surface area contributed by atoms with Crippen molar-refractivity contribution in [3.05, 3.63) is 48.0 Å². The number of halogens is 2. The maximum absolute atomic E-state index is 17.4. The largest absolute Gasteiger partial charge is 0.457 e. The summed E-state index contributed by atoms with van der Waals surface area (Å²) in [6, 6.07) is 2.96. The Bertz CT molecular complexity index is 1180. The molecule has 9 heteroatoms. The first-order valence-electron chi connectivity index (χ1n) is 12.2. The lowest BCUT2D eigenvalue weighted by Gasteiger charge is -2.63. The number of hydrogen-bond acceptors (Lipinski definition) is 7. The Balaban J connectivity index is 1.64. The molecule has 3 saturated carbocycles. The van der Waals surface area contributed by atoms with Crippen LogP contribution in [-0.4, -0.2) is 51.8 Å². The van der Waals surface area contributed by atoms with Crippen LogP contribution < -0.4 is 0 Å². The van der Waals surface area contributed by atoms with Gasteiger partial charge in [-0.05, 0) is 68.2 Å². The molecule has 3 fully saturated rings. The average Bonchev–Trinajstić information content (AvgIpc) is 3.44. The van der Waals surface area contributed by atoms with E-state index in [9.17, 15) is 19.5 Å². The standard InChI is InChI=1S/C27H30F2O6S/c1-14-10-16-17-12-19(28)18-11-15(30)7-8-24(18,2)26(17,29)21(31)13-25(16,3)27(14,23(33)36-4)35-22(32)20-6-5-9-34-20/h5-9,11,14,16-17,19,21,31H,10,12-13H2,1-4H3. The van der Waals surface area contributed by atoms with Gasteiger partial charge in [0.15, 0.2) is 17.1 Å². The number of thioether (sulfide) groups is 1. The van der Waals surface area contributed by atoms with Crippen LogP contribution in [0.4, 0.5) is 8.78 Å². The smallest absolute Gasteiger partial charge is 0.375 e. The predicted octanol–water partition coefficient (Wildman–Crippen LogP) is 4.63. The lowest BCUT2D eigenvalue weighted by atomic mass is 9.44. The van der Waals surface area contributed by atoms with Crippen molar-refractivity contribution in [3.8, 4) is 0 Å². The van der Waals surface area contributed by atoms with Crippen LogP contribution in [0.25, 0.3) is 0 Å². The first kappa shape index (κ1) is 25.4. The highest BCUT2D eigenvalue weighted by Gasteiger charge is 2.78. The number of hydrogen-bond donors (Lipinski definition) is 1. The molecule has 9 atom stereocenters. The van der Waals surface area contributed by atoms with E-state index in [-0.39, 0.29) is 24.2 Å². The van der Waals surface area contributed by atoms with Crippen molar-refractivity contribution >= 4 is 28.6 Å². The summed E-state index contributed by atoms with van der Waals surface area (Å²) in [5.74, 6) is -3.36. The molecule has 194 valence electrons. The SMILES string of the molecule is CSC(=O)C1(OC(=O)c2ccco2)C(C)CC2C3CC(F)C4=CC(=O)C=CC4(C)C3(F)C(O)CC21C. The summed E-state index contributed by atoms with van der Waals surface area (Å²) in [7, 11) is 0. The molecule has 1 aromatic heterocycles. The molecule has 0 aromatic carbocycles. The molecule has 0 saturated heterocycles. The summed E-state index contributed by atoms with van der Waals surface area (Å²) in [6.45, 7) is 5.05. The van der Waals surface area contributed by atoms with Gasteiger partial charge in [0.2, 0.25) is 10.9 Å². The van der Waals surface area contributed by atoms with Gasteiger partial charge in [0.1, 0.15) is 6.17 Å². The molecule has 6 nitrogen and oxygen atoms in total. The first-order valence-corrected chi connectivity index (χ1v) is 13.4. The third-order valence-electron chi connectivity index (χ3n) is 9.63. The molecule has 4 aliphatic carbocycles. The van der Waals surface area contributed by atoms with Gasteiger partial charge in [-0.15, -0.1) is 0 Å². The molecule has 0 amide bonds. The third kappa shape index (κ3) is 2.96. The zero-order valence-corrected chi connectivity index (χ0v) is 21.4. The number of allylic oxidation sites excluding steroid dienone is 4. The number of esters is 1. The molecular formula is C27H30F2O6S. The Kier molecular flexibility index (Phi) is 5.73. The number of aliphatic hydroxyl groups excluding tert-OH is 1. The van der Waals surface area contributed by atoms with Crippen molar-refractivity contribution in [2.45, 2.75) is 63.6 Å². The Hall–Kier alpha value is -2.26. The molecule has 0 radical (unpaired) electrons. The summed E-state index contributed by atoms with van der Waals surface area (Å²) in [4.78, 5) is 38.7. The summed E-state index contributed by atoms with van der Waals surface area (Å²) in [5, 5.41) is 11.1. The molecule has 0 bridgehead atoms. The Morgan fingerprint density at radius 2 is 1.97 bits per heavy atom. The zero-order chi connectivity index (χ0) is 26.3. The van der Waals surface area contributed by atoms with E-state index >= 15 is 8.78 Å². The van der Waals surface area contributed by atoms with Crippen molar-refractivity contribution in [3.63, 3.8) is 0 Å². The van der Waals surface area contributed by atoms with Crippen LogP contribution in [0.2, 0.25) is 0 Å². The van der Waals surface area contributed by atoms with Crippen LogP contribution >= 0.6 is 11.8 Å². The van der Waals surface area contributed by atoms with Gasteiger partial charge in [-0.3, -0.25) is 9.59 Å². The van der Waals surface area contributed by atoms with Crippen LogP contribution in [-0.2, 0) is 14.3 Å². The number of alkyl halides is 2. The Labute approximate surface area is 212 Å². The van der Waals surface area contributed by atoms with Gasteiger partial charge in [-0.2, -0.15) is 0 Å². The normalized spacial score (nSPS) is 45.4. The highest BCUT2D eigenvalue weighted by molar-refractivity contribution is 8.13. The highest BCUT2D eigenvalue weighted by atomic mass is 32.2.